The molecule has 7 nitrogen and oxygen atoms in total. The van der Waals surface area contributed by atoms with E-state index < -0.39 is 0 Å². The zero-order valence-corrected chi connectivity index (χ0v) is 11.8. The third-order valence-corrected chi connectivity index (χ3v) is 2.95. The number of carbonyl (C=O) groups excluding carboxylic acids is 2. The highest BCUT2D eigenvalue weighted by Gasteiger charge is 2.07. The van der Waals surface area contributed by atoms with Gasteiger partial charge in [-0.05, 0) is 18.2 Å². The molecule has 1 heterocycles. The van der Waals surface area contributed by atoms with Gasteiger partial charge >= 0.3 is 0 Å². The molecule has 0 aliphatic carbocycles. The van der Waals surface area contributed by atoms with Crippen molar-refractivity contribution in [3.63, 3.8) is 0 Å². The largest absolute Gasteiger partial charge is 0.384 e. The van der Waals surface area contributed by atoms with E-state index in [1.54, 1.807) is 31.6 Å². The summed E-state index contributed by atoms with van der Waals surface area (Å²) < 4.78 is 4.80. The van der Waals surface area contributed by atoms with E-state index in [1.165, 1.54) is 0 Å². The SMILES string of the molecule is COCCC(=O)NCCNC(=O)c1ccc2nc[nH]c2c1. The molecule has 0 saturated carbocycles. The van der Waals surface area contributed by atoms with Gasteiger partial charge in [-0.15, -0.1) is 0 Å². The molecular weight excluding hydrogens is 272 g/mol. The molecule has 3 N–H and O–H groups in total. The maximum absolute atomic E-state index is 11.9. The van der Waals surface area contributed by atoms with Crippen molar-refractivity contribution in [2.75, 3.05) is 26.8 Å². The van der Waals surface area contributed by atoms with Crippen LogP contribution < -0.4 is 10.6 Å². The minimum absolute atomic E-state index is 0.0926. The Hall–Kier alpha value is -2.41. The summed E-state index contributed by atoms with van der Waals surface area (Å²) in [6.07, 6.45) is 1.91. The smallest absolute Gasteiger partial charge is 0.251 e. The van der Waals surface area contributed by atoms with Gasteiger partial charge < -0.3 is 20.4 Å². The van der Waals surface area contributed by atoms with Crippen LogP contribution in [0.1, 0.15) is 16.8 Å². The lowest BCUT2D eigenvalue weighted by Gasteiger charge is -2.07. The number of benzene rings is 1. The molecule has 0 spiro atoms. The molecule has 0 fully saturated rings. The van der Waals surface area contributed by atoms with Crippen LogP contribution in [0, 0.1) is 0 Å². The molecule has 7 heteroatoms. The number of H-pyrrole nitrogens is 1. The summed E-state index contributed by atoms with van der Waals surface area (Å²) in [4.78, 5) is 30.3. The van der Waals surface area contributed by atoms with E-state index in [1.807, 2.05) is 0 Å². The number of nitrogens with one attached hydrogen (secondary N) is 3. The maximum atomic E-state index is 11.9. The van der Waals surface area contributed by atoms with E-state index >= 15 is 0 Å². The number of hydrogen-bond donors (Lipinski definition) is 3. The number of ether oxygens (including phenoxy) is 1. The van der Waals surface area contributed by atoms with E-state index in [0.717, 1.165) is 11.0 Å². The Balaban J connectivity index is 1.75. The lowest BCUT2D eigenvalue weighted by molar-refractivity contribution is -0.121. The molecule has 0 bridgehead atoms. The van der Waals surface area contributed by atoms with Crippen molar-refractivity contribution in [2.45, 2.75) is 6.42 Å². The summed E-state index contributed by atoms with van der Waals surface area (Å²) in [6, 6.07) is 5.25. The summed E-state index contributed by atoms with van der Waals surface area (Å²) in [5.41, 5.74) is 2.19. The van der Waals surface area contributed by atoms with Crippen LogP contribution in [-0.4, -0.2) is 48.6 Å². The van der Waals surface area contributed by atoms with Crippen molar-refractivity contribution >= 4 is 22.8 Å². The lowest BCUT2D eigenvalue weighted by Crippen LogP contribution is -2.34. The predicted molar refractivity (Wildman–Crippen MR) is 77.9 cm³/mol. The van der Waals surface area contributed by atoms with Crippen LogP contribution in [0.4, 0.5) is 0 Å². The van der Waals surface area contributed by atoms with Crippen molar-refractivity contribution < 1.29 is 14.3 Å². The van der Waals surface area contributed by atoms with Crippen LogP contribution >= 0.6 is 0 Å². The Labute approximate surface area is 122 Å². The zero-order chi connectivity index (χ0) is 15.1. The average Bonchev–Trinajstić information content (AvgIpc) is 2.96. The first-order valence-corrected chi connectivity index (χ1v) is 6.67. The van der Waals surface area contributed by atoms with Gasteiger partial charge in [0.05, 0.1) is 24.0 Å². The number of carbonyl (C=O) groups is 2. The van der Waals surface area contributed by atoms with Gasteiger partial charge in [0.1, 0.15) is 0 Å². The molecule has 1 aromatic heterocycles. The Bertz CT molecular complexity index is 623. The van der Waals surface area contributed by atoms with Crippen molar-refractivity contribution in [1.29, 1.82) is 0 Å². The highest BCUT2D eigenvalue weighted by atomic mass is 16.5. The van der Waals surface area contributed by atoms with Crippen LogP contribution in [0.3, 0.4) is 0 Å². The normalized spacial score (nSPS) is 10.5. The number of amides is 2. The number of hydrogen-bond acceptors (Lipinski definition) is 4. The Kier molecular flexibility index (Phi) is 5.28. The van der Waals surface area contributed by atoms with Gasteiger partial charge in [-0.3, -0.25) is 9.59 Å². The van der Waals surface area contributed by atoms with Crippen molar-refractivity contribution in [3.05, 3.63) is 30.1 Å². The quantitative estimate of drug-likeness (QED) is 0.645. The number of imidazole rings is 1. The standard InChI is InChI=1S/C14H18N4O3/c1-21-7-4-13(19)15-5-6-16-14(20)10-2-3-11-12(8-10)18-9-17-11/h2-3,8-9H,4-7H2,1H3,(H,15,19)(H,16,20)(H,17,18). The zero-order valence-electron chi connectivity index (χ0n) is 11.8. The fourth-order valence-electron chi connectivity index (χ4n) is 1.84. The monoisotopic (exact) mass is 290 g/mol. The summed E-state index contributed by atoms with van der Waals surface area (Å²) in [5.74, 6) is -0.275. The van der Waals surface area contributed by atoms with E-state index in [4.69, 9.17) is 4.74 Å². The average molecular weight is 290 g/mol. The van der Waals surface area contributed by atoms with Crippen molar-refractivity contribution in [1.82, 2.24) is 20.6 Å². The first kappa shape index (κ1) is 15.0. The second-order valence-electron chi connectivity index (χ2n) is 4.48. The van der Waals surface area contributed by atoms with Crippen LogP contribution in [0.5, 0.6) is 0 Å². The predicted octanol–water partition coefficient (Wildman–Crippen LogP) is 0.445. The van der Waals surface area contributed by atoms with Crippen molar-refractivity contribution in [3.8, 4) is 0 Å². The van der Waals surface area contributed by atoms with Crippen LogP contribution in [0.25, 0.3) is 11.0 Å². The molecule has 2 amide bonds. The number of fused-ring (bicyclic) bond motifs is 1. The highest BCUT2D eigenvalue weighted by Crippen LogP contribution is 2.11. The first-order valence-electron chi connectivity index (χ1n) is 6.67. The molecule has 0 aliphatic rings. The van der Waals surface area contributed by atoms with Crippen LogP contribution in [0.15, 0.2) is 24.5 Å². The first-order chi connectivity index (χ1) is 10.2. The van der Waals surface area contributed by atoms with Gasteiger partial charge in [-0.25, -0.2) is 4.98 Å². The van der Waals surface area contributed by atoms with Gasteiger partial charge in [0.25, 0.3) is 5.91 Å². The third-order valence-electron chi connectivity index (χ3n) is 2.95. The van der Waals surface area contributed by atoms with E-state index in [9.17, 15) is 9.59 Å². The van der Waals surface area contributed by atoms with Crippen molar-refractivity contribution in [2.24, 2.45) is 0 Å². The Morgan fingerprint density at radius 2 is 2.10 bits per heavy atom. The molecule has 21 heavy (non-hydrogen) atoms. The van der Waals surface area contributed by atoms with E-state index in [2.05, 4.69) is 20.6 Å². The molecule has 112 valence electrons. The molecule has 0 aliphatic heterocycles. The second-order valence-corrected chi connectivity index (χ2v) is 4.48. The topological polar surface area (TPSA) is 96.1 Å². The number of rotatable bonds is 7. The van der Waals surface area contributed by atoms with Gasteiger partial charge in [0.15, 0.2) is 0 Å². The minimum atomic E-state index is -0.183. The Morgan fingerprint density at radius 1 is 1.29 bits per heavy atom. The molecule has 0 radical (unpaired) electrons. The molecule has 0 atom stereocenters. The summed E-state index contributed by atoms with van der Waals surface area (Å²) in [5, 5.41) is 5.45. The van der Waals surface area contributed by atoms with Gasteiger partial charge in [0.2, 0.25) is 5.91 Å². The van der Waals surface area contributed by atoms with Crippen LogP contribution in [0.2, 0.25) is 0 Å². The number of nitrogens with zero attached hydrogens (tertiary/aromatic N) is 1. The molecule has 1 aromatic carbocycles. The molecule has 2 aromatic rings. The number of methoxy groups -OCH3 is 1. The van der Waals surface area contributed by atoms with Crippen LogP contribution in [-0.2, 0) is 9.53 Å². The third kappa shape index (κ3) is 4.28. The number of aromatic amines is 1. The van der Waals surface area contributed by atoms with Gasteiger partial charge in [-0.1, -0.05) is 0 Å². The fraction of sp³-hybridized carbons (Fsp3) is 0.357. The fourth-order valence-corrected chi connectivity index (χ4v) is 1.84. The second kappa shape index (κ2) is 7.39. The van der Waals surface area contributed by atoms with E-state index in [-0.39, 0.29) is 11.8 Å². The summed E-state index contributed by atoms with van der Waals surface area (Å²) >= 11 is 0. The summed E-state index contributed by atoms with van der Waals surface area (Å²) in [7, 11) is 1.55. The Morgan fingerprint density at radius 3 is 2.90 bits per heavy atom. The summed E-state index contributed by atoms with van der Waals surface area (Å²) in [6.45, 7) is 1.15. The molecule has 0 saturated heterocycles. The molecule has 0 unspecified atom stereocenters. The van der Waals surface area contributed by atoms with Gasteiger partial charge in [0, 0.05) is 32.2 Å². The number of aromatic nitrogens is 2. The molecular formula is C14H18N4O3. The van der Waals surface area contributed by atoms with E-state index in [0.29, 0.717) is 31.7 Å². The van der Waals surface area contributed by atoms with Gasteiger partial charge in [-0.2, -0.15) is 0 Å². The molecule has 2 rings (SSSR count). The lowest BCUT2D eigenvalue weighted by atomic mass is 10.2. The minimum Gasteiger partial charge on any atom is -0.384 e. The maximum Gasteiger partial charge on any atom is 0.251 e. The highest BCUT2D eigenvalue weighted by molar-refractivity contribution is 5.97.